The molecule has 6 nitrogen and oxygen atoms in total. The molecule has 2 heterocycles. The SMILES string of the molecule is CC1CC(c2cccc(NC(=O)c3ccc4c(n3)C(C)(C)CC4)c2)(c2nncn2C)C1. The standard InChI is InChI=1S/C25H29N5O/c1-16-13-25(14-16,23-29-26-15-30(23)4)18-6-5-7-19(12-18)27-22(31)20-9-8-17-10-11-24(2,3)21(17)28-20/h5-9,12,15-16H,10-11,13-14H2,1-4H3,(H,27,31). The van der Waals surface area contributed by atoms with Gasteiger partial charge in [0.25, 0.3) is 5.91 Å². The molecule has 1 N–H and O–H groups in total. The van der Waals surface area contributed by atoms with Crippen LogP contribution in [0.1, 0.15) is 73.2 Å². The van der Waals surface area contributed by atoms with Crippen LogP contribution in [0.3, 0.4) is 0 Å². The summed E-state index contributed by atoms with van der Waals surface area (Å²) >= 11 is 0. The third kappa shape index (κ3) is 3.25. The second-order valence-electron chi connectivity index (χ2n) is 9.98. The van der Waals surface area contributed by atoms with Crippen molar-refractivity contribution in [2.45, 2.75) is 57.3 Å². The zero-order valence-corrected chi connectivity index (χ0v) is 18.6. The Morgan fingerprint density at radius 3 is 2.71 bits per heavy atom. The normalized spacial score (nSPS) is 23.8. The van der Waals surface area contributed by atoms with Crippen molar-refractivity contribution in [1.29, 1.82) is 0 Å². The minimum atomic E-state index is -0.169. The smallest absolute Gasteiger partial charge is 0.274 e. The summed E-state index contributed by atoms with van der Waals surface area (Å²) in [5.74, 6) is 1.45. The van der Waals surface area contributed by atoms with Crippen LogP contribution in [0.4, 0.5) is 5.69 Å². The van der Waals surface area contributed by atoms with Gasteiger partial charge in [-0.3, -0.25) is 4.79 Å². The van der Waals surface area contributed by atoms with Crippen molar-refractivity contribution in [1.82, 2.24) is 19.7 Å². The van der Waals surface area contributed by atoms with Crippen LogP contribution in [0.15, 0.2) is 42.7 Å². The van der Waals surface area contributed by atoms with E-state index in [0.717, 1.165) is 42.9 Å². The fourth-order valence-electron chi connectivity index (χ4n) is 5.45. The molecule has 0 atom stereocenters. The number of nitrogens with zero attached hydrogens (tertiary/aromatic N) is 4. The molecule has 0 saturated heterocycles. The van der Waals surface area contributed by atoms with Crippen LogP contribution in [0, 0.1) is 5.92 Å². The third-order valence-corrected chi connectivity index (χ3v) is 7.08. The topological polar surface area (TPSA) is 72.7 Å². The molecule has 1 aromatic carbocycles. The van der Waals surface area contributed by atoms with E-state index >= 15 is 0 Å². The number of anilines is 1. The van der Waals surface area contributed by atoms with Gasteiger partial charge in [-0.15, -0.1) is 10.2 Å². The number of hydrogen-bond acceptors (Lipinski definition) is 4. The van der Waals surface area contributed by atoms with Gasteiger partial charge in [0, 0.05) is 18.2 Å². The van der Waals surface area contributed by atoms with Crippen LogP contribution in [0.25, 0.3) is 0 Å². The molecule has 2 aromatic heterocycles. The van der Waals surface area contributed by atoms with Gasteiger partial charge in [-0.25, -0.2) is 4.98 Å². The van der Waals surface area contributed by atoms with Gasteiger partial charge < -0.3 is 9.88 Å². The largest absolute Gasteiger partial charge is 0.321 e. The first kappa shape index (κ1) is 19.9. The van der Waals surface area contributed by atoms with Gasteiger partial charge in [-0.2, -0.15) is 0 Å². The van der Waals surface area contributed by atoms with Gasteiger partial charge in [-0.05, 0) is 60.9 Å². The summed E-state index contributed by atoms with van der Waals surface area (Å²) in [6, 6.07) is 12.0. The molecule has 0 aliphatic heterocycles. The first-order valence-corrected chi connectivity index (χ1v) is 11.1. The quantitative estimate of drug-likeness (QED) is 0.685. The van der Waals surface area contributed by atoms with Crippen LogP contribution < -0.4 is 5.32 Å². The summed E-state index contributed by atoms with van der Waals surface area (Å²) in [7, 11) is 1.99. The Labute approximate surface area is 183 Å². The van der Waals surface area contributed by atoms with Crippen LogP contribution in [-0.4, -0.2) is 25.7 Å². The van der Waals surface area contributed by atoms with Crippen LogP contribution in [0.5, 0.6) is 0 Å². The van der Waals surface area contributed by atoms with E-state index in [1.807, 2.05) is 29.8 Å². The number of carbonyl (C=O) groups excluding carboxylic acids is 1. The lowest BCUT2D eigenvalue weighted by atomic mass is 9.58. The number of hydrogen-bond donors (Lipinski definition) is 1. The molecule has 0 unspecified atom stereocenters. The summed E-state index contributed by atoms with van der Waals surface area (Å²) < 4.78 is 2.01. The highest BCUT2D eigenvalue weighted by Gasteiger charge is 2.48. The number of amides is 1. The number of carbonyl (C=O) groups is 1. The number of fused-ring (bicyclic) bond motifs is 1. The molecular weight excluding hydrogens is 386 g/mol. The molecule has 2 aliphatic rings. The van der Waals surface area contributed by atoms with Crippen molar-refractivity contribution >= 4 is 11.6 Å². The zero-order valence-electron chi connectivity index (χ0n) is 18.6. The second-order valence-corrected chi connectivity index (χ2v) is 9.98. The third-order valence-electron chi connectivity index (χ3n) is 7.08. The monoisotopic (exact) mass is 415 g/mol. The molecule has 1 saturated carbocycles. The van der Waals surface area contributed by atoms with Crippen molar-refractivity contribution in [3.05, 3.63) is 71.1 Å². The van der Waals surface area contributed by atoms with E-state index in [1.54, 1.807) is 6.33 Å². The fourth-order valence-corrected chi connectivity index (χ4v) is 5.45. The highest BCUT2D eigenvalue weighted by Crippen LogP contribution is 2.51. The molecule has 2 aliphatic carbocycles. The first-order chi connectivity index (χ1) is 14.8. The van der Waals surface area contributed by atoms with Crippen molar-refractivity contribution in [3.8, 4) is 0 Å². The fraction of sp³-hybridized carbons (Fsp3) is 0.440. The Kier molecular flexibility index (Phi) is 4.50. The molecular formula is C25H29N5O. The summed E-state index contributed by atoms with van der Waals surface area (Å²) in [6.45, 7) is 6.66. The van der Waals surface area contributed by atoms with Gasteiger partial charge in [0.1, 0.15) is 17.8 Å². The van der Waals surface area contributed by atoms with Gasteiger partial charge in [-0.1, -0.05) is 39.0 Å². The van der Waals surface area contributed by atoms with E-state index < -0.39 is 0 Å². The predicted molar refractivity (Wildman–Crippen MR) is 120 cm³/mol. The number of aryl methyl sites for hydroxylation is 2. The molecule has 5 rings (SSSR count). The van der Waals surface area contributed by atoms with Crippen LogP contribution in [-0.2, 0) is 24.3 Å². The number of aromatic nitrogens is 4. The maximum Gasteiger partial charge on any atom is 0.274 e. The van der Waals surface area contributed by atoms with Gasteiger partial charge in [0.2, 0.25) is 0 Å². The van der Waals surface area contributed by atoms with E-state index in [1.165, 1.54) is 11.1 Å². The second kappa shape index (κ2) is 7.01. The van der Waals surface area contributed by atoms with Crippen LogP contribution in [0.2, 0.25) is 0 Å². The van der Waals surface area contributed by atoms with Crippen molar-refractivity contribution in [2.75, 3.05) is 5.32 Å². The molecule has 0 radical (unpaired) electrons. The summed E-state index contributed by atoms with van der Waals surface area (Å²) in [6.07, 6.45) is 5.91. The Balaban J connectivity index is 1.43. The molecule has 0 spiro atoms. The maximum absolute atomic E-state index is 13.0. The molecule has 1 amide bonds. The van der Waals surface area contributed by atoms with Gasteiger partial charge >= 0.3 is 0 Å². The molecule has 160 valence electrons. The molecule has 31 heavy (non-hydrogen) atoms. The van der Waals surface area contributed by atoms with Gasteiger partial charge in [0.15, 0.2) is 0 Å². The van der Waals surface area contributed by atoms with E-state index in [4.69, 9.17) is 4.98 Å². The summed E-state index contributed by atoms with van der Waals surface area (Å²) in [5.41, 5.74) is 4.61. The first-order valence-electron chi connectivity index (χ1n) is 11.1. The number of pyridine rings is 1. The number of benzene rings is 1. The van der Waals surface area contributed by atoms with Crippen molar-refractivity contribution in [3.63, 3.8) is 0 Å². The lowest BCUT2D eigenvalue weighted by Gasteiger charge is -2.46. The van der Waals surface area contributed by atoms with Crippen molar-refractivity contribution in [2.24, 2.45) is 13.0 Å². The Bertz CT molecular complexity index is 1160. The van der Waals surface area contributed by atoms with Crippen molar-refractivity contribution < 1.29 is 4.79 Å². The number of nitrogens with one attached hydrogen (secondary N) is 1. The van der Waals surface area contributed by atoms with E-state index in [9.17, 15) is 4.79 Å². The minimum Gasteiger partial charge on any atom is -0.321 e. The average Bonchev–Trinajstić information content (AvgIpc) is 3.28. The summed E-state index contributed by atoms with van der Waals surface area (Å²) in [4.78, 5) is 17.7. The number of rotatable bonds is 4. The maximum atomic E-state index is 13.0. The van der Waals surface area contributed by atoms with E-state index in [0.29, 0.717) is 11.6 Å². The highest BCUT2D eigenvalue weighted by atomic mass is 16.1. The predicted octanol–water partition coefficient (Wildman–Crippen LogP) is 4.40. The minimum absolute atomic E-state index is 0.0228. The molecule has 3 aromatic rings. The Morgan fingerprint density at radius 2 is 2.00 bits per heavy atom. The van der Waals surface area contributed by atoms with E-state index in [2.05, 4.69) is 54.5 Å². The molecule has 0 bridgehead atoms. The Morgan fingerprint density at radius 1 is 1.19 bits per heavy atom. The van der Waals surface area contributed by atoms with Gasteiger partial charge in [0.05, 0.1) is 11.1 Å². The lowest BCUT2D eigenvalue weighted by Crippen LogP contribution is -2.43. The lowest BCUT2D eigenvalue weighted by molar-refractivity contribution is 0.102. The zero-order chi connectivity index (χ0) is 21.8. The van der Waals surface area contributed by atoms with Crippen LogP contribution >= 0.6 is 0 Å². The molecule has 1 fully saturated rings. The Hall–Kier alpha value is -3.02. The van der Waals surface area contributed by atoms with E-state index in [-0.39, 0.29) is 16.7 Å². The average molecular weight is 416 g/mol. The molecule has 6 heteroatoms. The summed E-state index contributed by atoms with van der Waals surface area (Å²) in [5, 5.41) is 11.6. The highest BCUT2D eigenvalue weighted by molar-refractivity contribution is 6.03.